The molecule has 2 heterocycles. The van der Waals surface area contributed by atoms with E-state index in [9.17, 15) is 4.79 Å². The molecular formula is C15H13NO5. The number of nitrogens with zero attached hydrogens (tertiary/aromatic N) is 1. The first-order chi connectivity index (χ1) is 10.2. The lowest BCUT2D eigenvalue weighted by Gasteiger charge is -2.08. The van der Waals surface area contributed by atoms with E-state index in [0.29, 0.717) is 29.7 Å². The Bertz CT molecular complexity index is 686. The fraction of sp³-hybridized carbons (Fsp3) is 0.200. The van der Waals surface area contributed by atoms with Gasteiger partial charge in [-0.05, 0) is 11.6 Å². The van der Waals surface area contributed by atoms with Crippen molar-refractivity contribution in [3.8, 4) is 23.3 Å². The Hall–Kier alpha value is -2.76. The van der Waals surface area contributed by atoms with Gasteiger partial charge in [-0.1, -0.05) is 12.1 Å². The summed E-state index contributed by atoms with van der Waals surface area (Å²) in [5.74, 6) is 0.935. The van der Waals surface area contributed by atoms with Gasteiger partial charge in [0.05, 0.1) is 7.11 Å². The summed E-state index contributed by atoms with van der Waals surface area (Å²) in [5.41, 5.74) is 0.855. The molecule has 1 atom stereocenters. The number of pyridine rings is 1. The second-order valence-electron chi connectivity index (χ2n) is 4.54. The van der Waals surface area contributed by atoms with Crippen LogP contribution in [0.2, 0.25) is 0 Å². The zero-order chi connectivity index (χ0) is 14.8. The van der Waals surface area contributed by atoms with Gasteiger partial charge < -0.3 is 19.3 Å². The zero-order valence-electron chi connectivity index (χ0n) is 11.3. The second-order valence-corrected chi connectivity index (χ2v) is 4.54. The number of carboxylic acids is 1. The fourth-order valence-electron chi connectivity index (χ4n) is 2.10. The van der Waals surface area contributed by atoms with E-state index in [4.69, 9.17) is 19.3 Å². The standard InChI is InChI=1S/C15H13NO5/c1-19-13-3-2-4-14(16-13)20-10-6-5-9-7-12(15(17)18)21-11(9)8-10/h2-6,8,12H,7H2,1H3,(H,17,18). The number of benzene rings is 1. The van der Waals surface area contributed by atoms with E-state index in [-0.39, 0.29) is 0 Å². The molecular weight excluding hydrogens is 274 g/mol. The highest BCUT2D eigenvalue weighted by atomic mass is 16.5. The minimum absolute atomic E-state index is 0.363. The average Bonchev–Trinajstić information content (AvgIpc) is 2.91. The molecule has 0 spiro atoms. The predicted molar refractivity (Wildman–Crippen MR) is 73.1 cm³/mol. The van der Waals surface area contributed by atoms with Crippen molar-refractivity contribution in [1.82, 2.24) is 4.98 Å². The summed E-state index contributed by atoms with van der Waals surface area (Å²) in [5, 5.41) is 8.97. The molecule has 1 aliphatic rings. The molecule has 2 aromatic rings. The lowest BCUT2D eigenvalue weighted by Crippen LogP contribution is -2.24. The molecule has 0 fully saturated rings. The SMILES string of the molecule is COc1cccc(Oc2ccc3c(c2)OC(C(=O)O)C3)n1. The third-order valence-electron chi connectivity index (χ3n) is 3.12. The number of ether oxygens (including phenoxy) is 3. The minimum atomic E-state index is -0.969. The number of fused-ring (bicyclic) bond motifs is 1. The molecule has 108 valence electrons. The smallest absolute Gasteiger partial charge is 0.345 e. The van der Waals surface area contributed by atoms with E-state index in [1.54, 1.807) is 36.4 Å². The molecule has 3 rings (SSSR count). The highest BCUT2D eigenvalue weighted by Crippen LogP contribution is 2.34. The normalized spacial score (nSPS) is 16.0. The lowest BCUT2D eigenvalue weighted by atomic mass is 10.1. The van der Waals surface area contributed by atoms with Crippen molar-refractivity contribution in [1.29, 1.82) is 0 Å². The molecule has 0 saturated heterocycles. The molecule has 1 aromatic carbocycles. The van der Waals surface area contributed by atoms with Crippen LogP contribution in [0.4, 0.5) is 0 Å². The van der Waals surface area contributed by atoms with Crippen molar-refractivity contribution in [2.75, 3.05) is 7.11 Å². The number of hydrogen-bond acceptors (Lipinski definition) is 5. The van der Waals surface area contributed by atoms with E-state index >= 15 is 0 Å². The molecule has 1 unspecified atom stereocenters. The first-order valence-electron chi connectivity index (χ1n) is 6.37. The van der Waals surface area contributed by atoms with Gasteiger partial charge >= 0.3 is 5.97 Å². The Morgan fingerprint density at radius 1 is 1.33 bits per heavy atom. The van der Waals surface area contributed by atoms with E-state index in [2.05, 4.69) is 4.98 Å². The molecule has 0 bridgehead atoms. The summed E-state index contributed by atoms with van der Waals surface area (Å²) < 4.78 is 16.0. The maximum absolute atomic E-state index is 10.9. The molecule has 0 aliphatic carbocycles. The molecule has 6 heteroatoms. The largest absolute Gasteiger partial charge is 0.481 e. The van der Waals surface area contributed by atoms with Crippen LogP contribution in [-0.4, -0.2) is 29.3 Å². The van der Waals surface area contributed by atoms with Crippen molar-refractivity contribution in [2.24, 2.45) is 0 Å². The van der Waals surface area contributed by atoms with Gasteiger partial charge in [-0.15, -0.1) is 0 Å². The summed E-state index contributed by atoms with van der Waals surface area (Å²) in [4.78, 5) is 15.1. The molecule has 0 radical (unpaired) electrons. The van der Waals surface area contributed by atoms with E-state index in [1.807, 2.05) is 0 Å². The third kappa shape index (κ3) is 2.74. The molecule has 6 nitrogen and oxygen atoms in total. The van der Waals surface area contributed by atoms with E-state index in [1.165, 1.54) is 7.11 Å². The van der Waals surface area contributed by atoms with Gasteiger partial charge in [0, 0.05) is 24.6 Å². The Balaban J connectivity index is 1.79. The van der Waals surface area contributed by atoms with E-state index < -0.39 is 12.1 Å². The number of carbonyl (C=O) groups is 1. The predicted octanol–water partition coefficient (Wildman–Crippen LogP) is 2.27. The van der Waals surface area contributed by atoms with Crippen LogP contribution in [0.1, 0.15) is 5.56 Å². The molecule has 21 heavy (non-hydrogen) atoms. The number of methoxy groups -OCH3 is 1. The Morgan fingerprint density at radius 2 is 2.14 bits per heavy atom. The monoisotopic (exact) mass is 287 g/mol. The first-order valence-corrected chi connectivity index (χ1v) is 6.37. The average molecular weight is 287 g/mol. The van der Waals surface area contributed by atoms with Gasteiger partial charge in [0.1, 0.15) is 11.5 Å². The maximum Gasteiger partial charge on any atom is 0.345 e. The van der Waals surface area contributed by atoms with Crippen molar-refractivity contribution < 1.29 is 24.1 Å². The topological polar surface area (TPSA) is 77.9 Å². The van der Waals surface area contributed by atoms with E-state index in [0.717, 1.165) is 5.56 Å². The molecule has 1 aromatic heterocycles. The van der Waals surface area contributed by atoms with Crippen LogP contribution in [0.3, 0.4) is 0 Å². The van der Waals surface area contributed by atoms with Crippen LogP contribution in [0.15, 0.2) is 36.4 Å². The van der Waals surface area contributed by atoms with Crippen molar-refractivity contribution >= 4 is 5.97 Å². The van der Waals surface area contributed by atoms with Crippen molar-refractivity contribution in [2.45, 2.75) is 12.5 Å². The number of aliphatic carboxylic acids is 1. The summed E-state index contributed by atoms with van der Waals surface area (Å²) in [6.07, 6.45) is -0.465. The van der Waals surface area contributed by atoms with Crippen LogP contribution in [0.5, 0.6) is 23.3 Å². The third-order valence-corrected chi connectivity index (χ3v) is 3.12. The summed E-state index contributed by atoms with van der Waals surface area (Å²) >= 11 is 0. The van der Waals surface area contributed by atoms with Gasteiger partial charge in [0.25, 0.3) is 0 Å². The zero-order valence-corrected chi connectivity index (χ0v) is 11.3. The number of carboxylic acid groups (broad SMARTS) is 1. The number of aromatic nitrogens is 1. The summed E-state index contributed by atoms with van der Waals surface area (Å²) in [6.45, 7) is 0. The molecule has 0 amide bonds. The quantitative estimate of drug-likeness (QED) is 0.929. The molecule has 0 saturated carbocycles. The first kappa shape index (κ1) is 13.2. The van der Waals surface area contributed by atoms with Crippen LogP contribution >= 0.6 is 0 Å². The Kier molecular flexibility index (Phi) is 3.35. The maximum atomic E-state index is 10.9. The Morgan fingerprint density at radius 3 is 2.90 bits per heavy atom. The number of hydrogen-bond donors (Lipinski definition) is 1. The van der Waals surface area contributed by atoms with Gasteiger partial charge in [-0.25, -0.2) is 4.79 Å². The Labute approximate surface area is 120 Å². The molecule has 1 N–H and O–H groups in total. The van der Waals surface area contributed by atoms with Crippen LogP contribution in [0.25, 0.3) is 0 Å². The van der Waals surface area contributed by atoms with Crippen LogP contribution in [-0.2, 0) is 11.2 Å². The second kappa shape index (κ2) is 5.32. The molecule has 1 aliphatic heterocycles. The van der Waals surface area contributed by atoms with Gasteiger partial charge in [0.15, 0.2) is 6.10 Å². The van der Waals surface area contributed by atoms with Crippen molar-refractivity contribution in [3.63, 3.8) is 0 Å². The van der Waals surface area contributed by atoms with Crippen LogP contribution < -0.4 is 14.2 Å². The highest BCUT2D eigenvalue weighted by Gasteiger charge is 2.29. The van der Waals surface area contributed by atoms with Gasteiger partial charge in [-0.3, -0.25) is 0 Å². The van der Waals surface area contributed by atoms with Crippen LogP contribution in [0, 0.1) is 0 Å². The highest BCUT2D eigenvalue weighted by molar-refractivity contribution is 5.74. The fourth-order valence-corrected chi connectivity index (χ4v) is 2.10. The van der Waals surface area contributed by atoms with Gasteiger partial charge in [-0.2, -0.15) is 4.98 Å². The van der Waals surface area contributed by atoms with Gasteiger partial charge in [0.2, 0.25) is 11.8 Å². The number of rotatable bonds is 4. The summed E-state index contributed by atoms with van der Waals surface area (Å²) in [6, 6.07) is 10.4. The van der Waals surface area contributed by atoms with Crippen molar-refractivity contribution in [3.05, 3.63) is 42.0 Å². The minimum Gasteiger partial charge on any atom is -0.481 e. The lowest BCUT2D eigenvalue weighted by molar-refractivity contribution is -0.144. The summed E-state index contributed by atoms with van der Waals surface area (Å²) in [7, 11) is 1.53.